The first-order valence-electron chi connectivity index (χ1n) is 3.42. The molecule has 0 aliphatic heterocycles. The van der Waals surface area contributed by atoms with Crippen LogP contribution in [-0.2, 0) is 11.3 Å². The van der Waals surface area contributed by atoms with Gasteiger partial charge in [0.25, 0.3) is 5.91 Å². The van der Waals surface area contributed by atoms with Crippen LogP contribution in [0.2, 0.25) is 0 Å². The van der Waals surface area contributed by atoms with Crippen LogP contribution in [0.4, 0.5) is 0 Å². The maximum atomic E-state index is 10.5. The van der Waals surface area contributed by atoms with E-state index in [0.29, 0.717) is 0 Å². The van der Waals surface area contributed by atoms with Crippen molar-refractivity contribution in [3.63, 3.8) is 0 Å². The SMILES string of the molecule is Cc1cc[n+](CC(N)=O)cc1. The standard InChI is InChI=1S/C8H10N2O/c1-7-2-4-10(5-3-7)6-8(9)11/h2-5H,6H2,1H3,(H-,9,11)/p+1. The highest BCUT2D eigenvalue weighted by atomic mass is 16.1. The molecule has 1 amide bonds. The number of aryl methyl sites for hydroxylation is 1. The number of amides is 1. The van der Waals surface area contributed by atoms with E-state index in [4.69, 9.17) is 5.73 Å². The van der Waals surface area contributed by atoms with Crippen LogP contribution in [0.25, 0.3) is 0 Å². The van der Waals surface area contributed by atoms with Crippen LogP contribution >= 0.6 is 0 Å². The van der Waals surface area contributed by atoms with E-state index in [1.54, 1.807) is 4.57 Å². The molecule has 0 radical (unpaired) electrons. The van der Waals surface area contributed by atoms with Crippen LogP contribution in [0.1, 0.15) is 5.56 Å². The molecule has 1 heterocycles. The molecule has 1 rings (SSSR count). The van der Waals surface area contributed by atoms with Crippen molar-refractivity contribution in [1.82, 2.24) is 0 Å². The molecule has 58 valence electrons. The quantitative estimate of drug-likeness (QED) is 0.583. The number of carbonyl (C=O) groups excluding carboxylic acids is 1. The fourth-order valence-electron chi connectivity index (χ4n) is 0.817. The highest BCUT2D eigenvalue weighted by Gasteiger charge is 2.02. The molecule has 1 aromatic rings. The fourth-order valence-corrected chi connectivity index (χ4v) is 0.817. The predicted molar refractivity (Wildman–Crippen MR) is 40.6 cm³/mol. The van der Waals surface area contributed by atoms with E-state index >= 15 is 0 Å². The van der Waals surface area contributed by atoms with Gasteiger partial charge >= 0.3 is 0 Å². The molecule has 1 aromatic heterocycles. The average molecular weight is 151 g/mol. The third kappa shape index (κ3) is 2.37. The lowest BCUT2D eigenvalue weighted by Crippen LogP contribution is -2.39. The number of pyridine rings is 1. The Bertz CT molecular complexity index is 253. The second-order valence-corrected chi connectivity index (χ2v) is 2.51. The van der Waals surface area contributed by atoms with Gasteiger partial charge in [-0.2, -0.15) is 4.57 Å². The van der Waals surface area contributed by atoms with Gasteiger partial charge in [-0.15, -0.1) is 0 Å². The van der Waals surface area contributed by atoms with Crippen LogP contribution in [0.15, 0.2) is 24.5 Å². The third-order valence-corrected chi connectivity index (χ3v) is 1.40. The Morgan fingerprint density at radius 2 is 2.09 bits per heavy atom. The first kappa shape index (κ1) is 7.72. The number of hydrogen-bond acceptors (Lipinski definition) is 1. The number of rotatable bonds is 2. The summed E-state index contributed by atoms with van der Waals surface area (Å²) in [6.45, 7) is 2.24. The molecule has 3 nitrogen and oxygen atoms in total. The highest BCUT2D eigenvalue weighted by molar-refractivity contribution is 5.72. The zero-order chi connectivity index (χ0) is 8.27. The lowest BCUT2D eigenvalue weighted by atomic mass is 10.3. The van der Waals surface area contributed by atoms with E-state index in [1.165, 1.54) is 5.56 Å². The molecule has 11 heavy (non-hydrogen) atoms. The maximum Gasteiger partial charge on any atom is 0.283 e. The van der Waals surface area contributed by atoms with Gasteiger partial charge in [-0.05, 0) is 12.5 Å². The summed E-state index contributed by atoms with van der Waals surface area (Å²) in [6.07, 6.45) is 3.67. The monoisotopic (exact) mass is 151 g/mol. The molecule has 0 saturated heterocycles. The van der Waals surface area contributed by atoms with Crippen molar-refractivity contribution in [1.29, 1.82) is 0 Å². The van der Waals surface area contributed by atoms with Crippen molar-refractivity contribution >= 4 is 5.91 Å². The second kappa shape index (κ2) is 3.14. The summed E-state index contributed by atoms with van der Waals surface area (Å²) in [5.41, 5.74) is 6.17. The summed E-state index contributed by atoms with van der Waals surface area (Å²) in [4.78, 5) is 10.5. The van der Waals surface area contributed by atoms with Gasteiger partial charge in [-0.25, -0.2) is 0 Å². The average Bonchev–Trinajstić information content (AvgIpc) is 1.93. The van der Waals surface area contributed by atoms with Crippen molar-refractivity contribution < 1.29 is 9.36 Å². The number of carbonyl (C=O) groups is 1. The van der Waals surface area contributed by atoms with Gasteiger partial charge in [0, 0.05) is 12.1 Å². The van der Waals surface area contributed by atoms with Gasteiger partial charge in [-0.1, -0.05) is 0 Å². The molecular weight excluding hydrogens is 140 g/mol. The van der Waals surface area contributed by atoms with Gasteiger partial charge in [0.05, 0.1) is 0 Å². The van der Waals surface area contributed by atoms with Crippen LogP contribution < -0.4 is 10.3 Å². The van der Waals surface area contributed by atoms with Crippen molar-refractivity contribution in [2.75, 3.05) is 0 Å². The van der Waals surface area contributed by atoms with Crippen LogP contribution in [0.3, 0.4) is 0 Å². The minimum Gasteiger partial charge on any atom is -0.364 e. The molecule has 0 unspecified atom stereocenters. The summed E-state index contributed by atoms with van der Waals surface area (Å²) >= 11 is 0. The largest absolute Gasteiger partial charge is 0.364 e. The molecule has 0 saturated carbocycles. The third-order valence-electron chi connectivity index (χ3n) is 1.40. The Hall–Kier alpha value is -1.38. The van der Waals surface area contributed by atoms with E-state index in [9.17, 15) is 4.79 Å². The van der Waals surface area contributed by atoms with Crippen LogP contribution in [0.5, 0.6) is 0 Å². The van der Waals surface area contributed by atoms with Crippen molar-refractivity contribution in [3.05, 3.63) is 30.1 Å². The van der Waals surface area contributed by atoms with Crippen molar-refractivity contribution in [3.8, 4) is 0 Å². The van der Waals surface area contributed by atoms with Gasteiger partial charge in [0.1, 0.15) is 0 Å². The smallest absolute Gasteiger partial charge is 0.283 e. The Morgan fingerprint density at radius 1 is 1.55 bits per heavy atom. The first-order chi connectivity index (χ1) is 5.18. The summed E-state index contributed by atoms with van der Waals surface area (Å²) in [5, 5.41) is 0. The molecule has 0 atom stereocenters. The van der Waals surface area contributed by atoms with Gasteiger partial charge < -0.3 is 5.73 Å². The zero-order valence-corrected chi connectivity index (χ0v) is 6.45. The number of aromatic nitrogens is 1. The molecule has 3 heteroatoms. The topological polar surface area (TPSA) is 47.0 Å². The van der Waals surface area contributed by atoms with Crippen molar-refractivity contribution in [2.24, 2.45) is 5.73 Å². The molecule has 2 N–H and O–H groups in total. The fraction of sp³-hybridized carbons (Fsp3) is 0.250. The lowest BCUT2D eigenvalue weighted by molar-refractivity contribution is -0.684. The normalized spacial score (nSPS) is 9.55. The number of hydrogen-bond donors (Lipinski definition) is 1. The van der Waals surface area contributed by atoms with Gasteiger partial charge in [0.2, 0.25) is 6.54 Å². The van der Waals surface area contributed by atoms with E-state index in [1.807, 2.05) is 31.5 Å². The van der Waals surface area contributed by atoms with Crippen LogP contribution in [-0.4, -0.2) is 5.91 Å². The second-order valence-electron chi connectivity index (χ2n) is 2.51. The van der Waals surface area contributed by atoms with Crippen molar-refractivity contribution in [2.45, 2.75) is 13.5 Å². The first-order valence-corrected chi connectivity index (χ1v) is 3.42. The molecule has 0 fully saturated rings. The zero-order valence-electron chi connectivity index (χ0n) is 6.45. The molecular formula is C8H11N2O+. The molecule has 0 aliphatic carbocycles. The lowest BCUT2D eigenvalue weighted by Gasteiger charge is -1.91. The Labute approximate surface area is 65.5 Å². The Kier molecular flexibility index (Phi) is 2.21. The summed E-state index contributed by atoms with van der Waals surface area (Å²) in [6, 6.07) is 3.87. The van der Waals surface area contributed by atoms with Crippen LogP contribution in [0, 0.1) is 6.92 Å². The number of primary amides is 1. The summed E-state index contributed by atoms with van der Waals surface area (Å²) < 4.78 is 1.75. The van der Waals surface area contributed by atoms with E-state index in [-0.39, 0.29) is 12.5 Å². The molecule has 0 aromatic carbocycles. The summed E-state index contributed by atoms with van der Waals surface area (Å²) in [7, 11) is 0. The molecule has 0 bridgehead atoms. The summed E-state index contributed by atoms with van der Waals surface area (Å²) in [5.74, 6) is -0.321. The molecule has 0 aliphatic rings. The van der Waals surface area contributed by atoms with E-state index < -0.39 is 0 Å². The predicted octanol–water partition coefficient (Wildman–Crippen LogP) is -0.232. The highest BCUT2D eigenvalue weighted by Crippen LogP contribution is 1.88. The molecule has 0 spiro atoms. The van der Waals surface area contributed by atoms with E-state index in [0.717, 1.165) is 0 Å². The maximum absolute atomic E-state index is 10.5. The Balaban J connectivity index is 2.74. The van der Waals surface area contributed by atoms with E-state index in [2.05, 4.69) is 0 Å². The Morgan fingerprint density at radius 3 is 2.55 bits per heavy atom. The van der Waals surface area contributed by atoms with Gasteiger partial charge in [0.15, 0.2) is 12.4 Å². The number of nitrogens with two attached hydrogens (primary N) is 1. The number of nitrogens with zero attached hydrogens (tertiary/aromatic N) is 1. The minimum atomic E-state index is -0.321. The van der Waals surface area contributed by atoms with Gasteiger partial charge in [-0.3, -0.25) is 4.79 Å². The minimum absolute atomic E-state index is 0.250.